The fourth-order valence-electron chi connectivity index (χ4n) is 3.41. The lowest BCUT2D eigenvalue weighted by Crippen LogP contribution is -2.50. The first-order valence-corrected chi connectivity index (χ1v) is 9.71. The Bertz CT molecular complexity index is 1080. The van der Waals surface area contributed by atoms with Gasteiger partial charge in [-0.2, -0.15) is 13.2 Å². The second-order valence-corrected chi connectivity index (χ2v) is 7.40. The summed E-state index contributed by atoms with van der Waals surface area (Å²) in [5, 5.41) is 4.96. The van der Waals surface area contributed by atoms with Gasteiger partial charge in [0.1, 0.15) is 5.82 Å². The number of urea groups is 1. The molecular weight excluding hydrogens is 417 g/mol. The third kappa shape index (κ3) is 4.28. The van der Waals surface area contributed by atoms with E-state index in [1.54, 1.807) is 9.80 Å². The van der Waals surface area contributed by atoms with E-state index in [9.17, 15) is 18.0 Å². The quantitative estimate of drug-likeness (QED) is 0.598. The van der Waals surface area contributed by atoms with E-state index >= 15 is 0 Å². The van der Waals surface area contributed by atoms with E-state index < -0.39 is 11.7 Å². The van der Waals surface area contributed by atoms with Gasteiger partial charge >= 0.3 is 12.2 Å². The predicted octanol–water partition coefficient (Wildman–Crippen LogP) is 5.26. The highest BCUT2D eigenvalue weighted by Gasteiger charge is 2.32. The van der Waals surface area contributed by atoms with Gasteiger partial charge in [0.05, 0.1) is 10.6 Å². The molecular formula is C21H18ClF3N4O. The van der Waals surface area contributed by atoms with E-state index in [0.29, 0.717) is 37.7 Å². The molecule has 4 rings (SSSR count). The van der Waals surface area contributed by atoms with Crippen LogP contribution >= 0.6 is 11.6 Å². The summed E-state index contributed by atoms with van der Waals surface area (Å²) in [5.74, 6) is 0.291. The maximum absolute atomic E-state index is 12.8. The Labute approximate surface area is 176 Å². The van der Waals surface area contributed by atoms with Crippen molar-refractivity contribution in [3.8, 4) is 0 Å². The Morgan fingerprint density at radius 3 is 2.37 bits per heavy atom. The Kier molecular flexibility index (Phi) is 5.42. The summed E-state index contributed by atoms with van der Waals surface area (Å²) in [4.78, 5) is 19.9. The first-order valence-electron chi connectivity index (χ1n) is 9.34. The molecule has 0 saturated carbocycles. The van der Waals surface area contributed by atoms with Crippen LogP contribution in [-0.2, 0) is 6.18 Å². The van der Waals surface area contributed by atoms with Crippen LogP contribution in [0.25, 0.3) is 10.8 Å². The first-order chi connectivity index (χ1) is 14.3. The Balaban J connectivity index is 1.38. The Hall–Kier alpha value is -3.00. The monoisotopic (exact) mass is 434 g/mol. The van der Waals surface area contributed by atoms with Crippen molar-refractivity contribution in [3.63, 3.8) is 0 Å². The number of hydrogen-bond acceptors (Lipinski definition) is 3. The fraction of sp³-hybridized carbons (Fsp3) is 0.238. The second-order valence-electron chi connectivity index (χ2n) is 6.99. The van der Waals surface area contributed by atoms with Crippen molar-refractivity contribution in [1.82, 2.24) is 9.88 Å². The average Bonchev–Trinajstić information content (AvgIpc) is 2.73. The number of anilines is 2. The molecule has 9 heteroatoms. The van der Waals surface area contributed by atoms with Gasteiger partial charge in [-0.3, -0.25) is 0 Å². The third-order valence-electron chi connectivity index (χ3n) is 5.02. The lowest BCUT2D eigenvalue weighted by Gasteiger charge is -2.35. The van der Waals surface area contributed by atoms with E-state index in [1.807, 2.05) is 42.5 Å². The van der Waals surface area contributed by atoms with Crippen LogP contribution in [0.3, 0.4) is 0 Å². The lowest BCUT2D eigenvalue weighted by molar-refractivity contribution is -0.137. The summed E-state index contributed by atoms with van der Waals surface area (Å²) in [5.41, 5.74) is -0.182. The molecule has 156 valence electrons. The Morgan fingerprint density at radius 1 is 1.00 bits per heavy atom. The maximum atomic E-state index is 12.8. The van der Waals surface area contributed by atoms with Gasteiger partial charge in [0.25, 0.3) is 0 Å². The number of nitrogens with zero attached hydrogens (tertiary/aromatic N) is 3. The molecule has 0 radical (unpaired) electrons. The number of hydrogen-bond donors (Lipinski definition) is 1. The van der Waals surface area contributed by atoms with Gasteiger partial charge in [-0.05, 0) is 29.0 Å². The number of pyridine rings is 1. The van der Waals surface area contributed by atoms with E-state index in [0.717, 1.165) is 23.0 Å². The minimum absolute atomic E-state index is 0.0566. The van der Waals surface area contributed by atoms with Crippen LogP contribution in [0.2, 0.25) is 5.02 Å². The van der Waals surface area contributed by atoms with Crippen LogP contribution in [-0.4, -0.2) is 42.1 Å². The van der Waals surface area contributed by atoms with Crippen LogP contribution in [0.5, 0.6) is 0 Å². The number of rotatable bonds is 2. The van der Waals surface area contributed by atoms with Gasteiger partial charge in [-0.1, -0.05) is 41.9 Å². The predicted molar refractivity (Wildman–Crippen MR) is 111 cm³/mol. The molecule has 5 nitrogen and oxygen atoms in total. The van der Waals surface area contributed by atoms with Gasteiger partial charge in [-0.15, -0.1) is 0 Å². The maximum Gasteiger partial charge on any atom is 0.417 e. The third-order valence-corrected chi connectivity index (χ3v) is 5.29. The van der Waals surface area contributed by atoms with Crippen molar-refractivity contribution in [1.29, 1.82) is 0 Å². The zero-order chi connectivity index (χ0) is 21.3. The fourth-order valence-corrected chi connectivity index (χ4v) is 3.70. The topological polar surface area (TPSA) is 48.5 Å². The van der Waals surface area contributed by atoms with Crippen LogP contribution < -0.4 is 10.2 Å². The molecule has 1 fully saturated rings. The molecule has 2 heterocycles. The number of piperazine rings is 1. The molecule has 0 atom stereocenters. The normalized spacial score (nSPS) is 14.8. The molecule has 0 spiro atoms. The highest BCUT2D eigenvalue weighted by atomic mass is 35.5. The van der Waals surface area contributed by atoms with Gasteiger partial charge in [0.15, 0.2) is 0 Å². The number of amides is 2. The molecule has 2 amide bonds. The van der Waals surface area contributed by atoms with Crippen molar-refractivity contribution in [3.05, 3.63) is 65.3 Å². The van der Waals surface area contributed by atoms with E-state index in [2.05, 4.69) is 10.3 Å². The zero-order valence-corrected chi connectivity index (χ0v) is 16.5. The van der Waals surface area contributed by atoms with Crippen LogP contribution in [0.15, 0.2) is 54.7 Å². The van der Waals surface area contributed by atoms with Crippen molar-refractivity contribution >= 4 is 39.9 Å². The van der Waals surface area contributed by atoms with Crippen LogP contribution in [0.4, 0.5) is 29.5 Å². The number of nitrogens with one attached hydrogen (secondary N) is 1. The van der Waals surface area contributed by atoms with Gasteiger partial charge in [0.2, 0.25) is 0 Å². The summed E-state index contributed by atoms with van der Waals surface area (Å²) in [7, 11) is 0. The molecule has 1 saturated heterocycles. The molecule has 30 heavy (non-hydrogen) atoms. The molecule has 0 unspecified atom stereocenters. The summed E-state index contributed by atoms with van der Waals surface area (Å²) < 4.78 is 38.4. The summed E-state index contributed by atoms with van der Waals surface area (Å²) in [6, 6.07) is 14.2. The lowest BCUT2D eigenvalue weighted by atomic mass is 10.1. The average molecular weight is 435 g/mol. The SMILES string of the molecule is O=C(Nc1ccc2ccccc2c1)N1CCN(c2ncc(C(F)(F)F)cc2Cl)CC1. The number of benzene rings is 2. The largest absolute Gasteiger partial charge is 0.417 e. The summed E-state index contributed by atoms with van der Waals surface area (Å²) in [6.45, 7) is 1.64. The molecule has 1 aliphatic heterocycles. The van der Waals surface area contributed by atoms with Crippen LogP contribution in [0.1, 0.15) is 5.56 Å². The molecule has 0 bridgehead atoms. The van der Waals surface area contributed by atoms with E-state index in [-0.39, 0.29) is 11.1 Å². The smallest absolute Gasteiger partial charge is 0.352 e. The van der Waals surface area contributed by atoms with Gasteiger partial charge in [0, 0.05) is 38.1 Å². The van der Waals surface area contributed by atoms with Crippen molar-refractivity contribution < 1.29 is 18.0 Å². The van der Waals surface area contributed by atoms with Gasteiger partial charge in [-0.25, -0.2) is 9.78 Å². The number of alkyl halides is 3. The number of carbonyl (C=O) groups excluding carboxylic acids is 1. The van der Waals surface area contributed by atoms with E-state index in [4.69, 9.17) is 11.6 Å². The molecule has 0 aliphatic carbocycles. The number of fused-ring (bicyclic) bond motifs is 1. The number of aromatic nitrogens is 1. The standard InChI is InChI=1S/C21H18ClF3N4O/c22-18-12-16(21(23,24)25)13-26-19(18)28-7-9-29(10-8-28)20(30)27-17-6-5-14-3-1-2-4-15(14)11-17/h1-6,11-13H,7-10H2,(H,27,30). The molecule has 1 aliphatic rings. The Morgan fingerprint density at radius 2 is 1.70 bits per heavy atom. The van der Waals surface area contributed by atoms with Crippen LogP contribution in [0, 0.1) is 0 Å². The summed E-state index contributed by atoms with van der Waals surface area (Å²) in [6.07, 6.45) is -3.71. The molecule has 2 aromatic carbocycles. The number of halogens is 4. The van der Waals surface area contributed by atoms with Crippen molar-refractivity contribution in [2.45, 2.75) is 6.18 Å². The zero-order valence-electron chi connectivity index (χ0n) is 15.8. The van der Waals surface area contributed by atoms with Crippen molar-refractivity contribution in [2.75, 3.05) is 36.4 Å². The first kappa shape index (κ1) is 20.3. The summed E-state index contributed by atoms with van der Waals surface area (Å²) >= 11 is 6.03. The van der Waals surface area contributed by atoms with Crippen molar-refractivity contribution in [2.24, 2.45) is 0 Å². The number of carbonyl (C=O) groups is 1. The minimum atomic E-state index is -4.49. The molecule has 3 aromatic rings. The minimum Gasteiger partial charge on any atom is -0.352 e. The van der Waals surface area contributed by atoms with E-state index in [1.165, 1.54) is 0 Å². The highest BCUT2D eigenvalue weighted by Crippen LogP contribution is 2.33. The second kappa shape index (κ2) is 8.02. The molecule has 1 N–H and O–H groups in total. The highest BCUT2D eigenvalue weighted by molar-refractivity contribution is 6.33. The van der Waals surface area contributed by atoms with Gasteiger partial charge < -0.3 is 15.1 Å². The molecule has 1 aromatic heterocycles.